The molecule has 1 heterocycles. The summed E-state index contributed by atoms with van der Waals surface area (Å²) in [7, 11) is -5.83. The van der Waals surface area contributed by atoms with Crippen LogP contribution in [0, 0.1) is 26.2 Å². The molecule has 42 heavy (non-hydrogen) atoms. The van der Waals surface area contributed by atoms with E-state index in [0.717, 1.165) is 16.7 Å². The van der Waals surface area contributed by atoms with Gasteiger partial charge in [-0.1, -0.05) is 68.7 Å². The molecule has 220 valence electrons. The van der Waals surface area contributed by atoms with E-state index in [2.05, 4.69) is 10.5 Å². The average Bonchev–Trinajstić information content (AvgIpc) is 2.91. The van der Waals surface area contributed by atoms with E-state index in [0.29, 0.717) is 21.9 Å². The second kappa shape index (κ2) is 11.7. The van der Waals surface area contributed by atoms with Gasteiger partial charge in [0.25, 0.3) is 21.8 Å². The lowest BCUT2D eigenvalue weighted by Gasteiger charge is -2.39. The van der Waals surface area contributed by atoms with Crippen molar-refractivity contribution in [1.29, 1.82) is 0 Å². The topological polar surface area (TPSA) is 119 Å². The van der Waals surface area contributed by atoms with E-state index in [1.54, 1.807) is 36.4 Å². The normalized spacial score (nSPS) is 13.9. The molecule has 4 rings (SSSR count). The molecular weight excluding hydrogens is 551 g/mol. The summed E-state index contributed by atoms with van der Waals surface area (Å²) in [5, 5.41) is 16.5. The maximum absolute atomic E-state index is 13.8. The predicted octanol–water partition coefficient (Wildman–Crippen LogP) is 3.95. The number of nitrogens with one attached hydrogen (secondary N) is 1. The average molecular weight is 589 g/mol. The zero-order chi connectivity index (χ0) is 31.0. The Bertz CT molecular complexity index is 1630. The Balaban J connectivity index is 1.67. The molecular formula is C31H37BN4O5S. The highest BCUT2D eigenvalue weighted by Gasteiger charge is 2.39. The highest BCUT2D eigenvalue weighted by atomic mass is 32.2. The van der Waals surface area contributed by atoms with E-state index in [1.807, 2.05) is 54.5 Å². The number of hydrazine groups is 1. The number of hydrogen-bond donors (Lipinski definition) is 2. The molecule has 0 radical (unpaired) electrons. The van der Waals surface area contributed by atoms with Crippen molar-refractivity contribution < 1.29 is 23.0 Å². The van der Waals surface area contributed by atoms with Crippen molar-refractivity contribution in [2.75, 3.05) is 0 Å². The molecule has 0 unspecified atom stereocenters. The fourth-order valence-electron chi connectivity index (χ4n) is 5.23. The van der Waals surface area contributed by atoms with Gasteiger partial charge >= 0.3 is 7.05 Å². The number of fused-ring (bicyclic) bond motifs is 1. The van der Waals surface area contributed by atoms with E-state index in [1.165, 1.54) is 29.4 Å². The summed E-state index contributed by atoms with van der Waals surface area (Å²) >= 11 is 0. The van der Waals surface area contributed by atoms with E-state index in [9.17, 15) is 23.0 Å². The molecule has 3 aromatic rings. The SMILES string of the molecule is CC[C@@H](N(NC(=O)c1ccc2c(c1)B(O)N(S(=O)(=O)c1ccc(C)cc1)N=C2)C(=O)c1cc(C)cc(C)c1)C(C)(C)C. The van der Waals surface area contributed by atoms with Crippen LogP contribution in [-0.2, 0) is 10.0 Å². The van der Waals surface area contributed by atoms with E-state index < -0.39 is 23.0 Å². The highest BCUT2D eigenvalue weighted by Crippen LogP contribution is 2.28. The van der Waals surface area contributed by atoms with Crippen molar-refractivity contribution in [3.63, 3.8) is 0 Å². The molecule has 0 saturated carbocycles. The van der Waals surface area contributed by atoms with Gasteiger partial charge in [0, 0.05) is 11.1 Å². The van der Waals surface area contributed by atoms with Gasteiger partial charge in [-0.3, -0.25) is 15.0 Å². The maximum Gasteiger partial charge on any atom is 0.484 e. The first-order valence-corrected chi connectivity index (χ1v) is 15.3. The largest absolute Gasteiger partial charge is 0.484 e. The van der Waals surface area contributed by atoms with Gasteiger partial charge in [-0.2, -0.15) is 9.43 Å². The second-order valence-electron chi connectivity index (χ2n) is 11.8. The third-order valence-electron chi connectivity index (χ3n) is 7.32. The summed E-state index contributed by atoms with van der Waals surface area (Å²) in [5.41, 5.74) is 6.50. The Labute approximate surface area is 248 Å². The number of carbonyl (C=O) groups is 2. The summed E-state index contributed by atoms with van der Waals surface area (Å²) in [6.07, 6.45) is 1.92. The van der Waals surface area contributed by atoms with Gasteiger partial charge in [0.2, 0.25) is 0 Å². The lowest BCUT2D eigenvalue weighted by molar-refractivity contribution is 0.0285. The van der Waals surface area contributed by atoms with Gasteiger partial charge in [-0.15, -0.1) is 0 Å². The van der Waals surface area contributed by atoms with Crippen LogP contribution in [0.2, 0.25) is 0 Å². The molecule has 0 fully saturated rings. The van der Waals surface area contributed by atoms with Crippen molar-refractivity contribution in [3.05, 3.63) is 94.0 Å². The molecule has 2 N–H and O–H groups in total. The predicted molar refractivity (Wildman–Crippen MR) is 165 cm³/mol. The number of hydrazone groups is 1. The summed E-state index contributed by atoms with van der Waals surface area (Å²) < 4.78 is 27.2. The lowest BCUT2D eigenvalue weighted by Crippen LogP contribution is -2.56. The molecule has 2 amide bonds. The number of benzene rings is 3. The van der Waals surface area contributed by atoms with Crippen molar-refractivity contribution in [2.24, 2.45) is 10.5 Å². The molecule has 0 aromatic heterocycles. The van der Waals surface area contributed by atoms with Crippen molar-refractivity contribution in [3.8, 4) is 0 Å². The van der Waals surface area contributed by atoms with Crippen molar-refractivity contribution in [1.82, 2.24) is 14.8 Å². The van der Waals surface area contributed by atoms with Crippen LogP contribution in [0.5, 0.6) is 0 Å². The molecule has 11 heteroatoms. The first kappa shape index (κ1) is 31.0. The molecule has 9 nitrogen and oxygen atoms in total. The second-order valence-corrected chi connectivity index (χ2v) is 13.6. The number of aryl methyl sites for hydroxylation is 3. The zero-order valence-electron chi connectivity index (χ0n) is 25.0. The monoisotopic (exact) mass is 588 g/mol. The highest BCUT2D eigenvalue weighted by molar-refractivity contribution is 7.90. The Morgan fingerprint density at radius 1 is 0.952 bits per heavy atom. The molecule has 0 saturated heterocycles. The molecule has 0 aliphatic carbocycles. The number of sulfonamides is 1. The van der Waals surface area contributed by atoms with Crippen LogP contribution in [0.15, 0.2) is 70.7 Å². The Morgan fingerprint density at radius 3 is 2.14 bits per heavy atom. The Morgan fingerprint density at radius 2 is 1.57 bits per heavy atom. The number of amides is 2. The molecule has 0 spiro atoms. The fraction of sp³-hybridized carbons (Fsp3) is 0.323. The number of carbonyl (C=O) groups excluding carboxylic acids is 2. The third kappa shape index (κ3) is 6.27. The minimum Gasteiger partial charge on any atom is -0.427 e. The summed E-state index contributed by atoms with van der Waals surface area (Å²) in [5.74, 6) is -0.904. The minimum absolute atomic E-state index is 0.0185. The zero-order valence-corrected chi connectivity index (χ0v) is 25.9. The fourth-order valence-corrected chi connectivity index (χ4v) is 6.48. The van der Waals surface area contributed by atoms with Crippen LogP contribution in [-0.4, -0.2) is 53.9 Å². The van der Waals surface area contributed by atoms with Crippen LogP contribution in [0.3, 0.4) is 0 Å². The quantitative estimate of drug-likeness (QED) is 0.334. The standard InChI is InChI=1S/C31H37BN4O5S/c1-8-28(31(5,6)7)35(30(38)25-16-21(3)15-22(4)17-25)34-29(37)23-11-12-24-19-33-36(32(39)27(24)18-23)42(40,41)26-13-9-20(2)10-14-26/h9-19,28,39H,8H2,1-7H3,(H,34,37)/t28-/m1/s1. The smallest absolute Gasteiger partial charge is 0.427 e. The molecule has 3 aromatic carbocycles. The molecule has 1 aliphatic rings. The molecule has 1 atom stereocenters. The lowest BCUT2D eigenvalue weighted by atomic mass is 9.71. The van der Waals surface area contributed by atoms with Gasteiger partial charge in [-0.25, -0.2) is 13.4 Å². The molecule has 1 aliphatic heterocycles. The van der Waals surface area contributed by atoms with Gasteiger partial charge in [0.1, 0.15) is 0 Å². The van der Waals surface area contributed by atoms with Crippen molar-refractivity contribution in [2.45, 2.75) is 65.8 Å². The van der Waals surface area contributed by atoms with E-state index in [-0.39, 0.29) is 33.3 Å². The maximum atomic E-state index is 13.8. The van der Waals surface area contributed by atoms with Crippen LogP contribution < -0.4 is 10.9 Å². The summed E-state index contributed by atoms with van der Waals surface area (Å²) in [6.45, 7) is 13.7. The molecule has 0 bridgehead atoms. The number of rotatable bonds is 6. The minimum atomic E-state index is -4.17. The van der Waals surface area contributed by atoms with Crippen LogP contribution >= 0.6 is 0 Å². The van der Waals surface area contributed by atoms with Gasteiger partial charge < -0.3 is 5.02 Å². The van der Waals surface area contributed by atoms with E-state index in [4.69, 9.17) is 0 Å². The van der Waals surface area contributed by atoms with Gasteiger partial charge in [-0.05, 0) is 80.0 Å². The Kier molecular flexibility index (Phi) is 8.66. The van der Waals surface area contributed by atoms with Gasteiger partial charge in [0.15, 0.2) is 0 Å². The first-order valence-electron chi connectivity index (χ1n) is 13.8. The Hall–Kier alpha value is -3.96. The van der Waals surface area contributed by atoms with E-state index >= 15 is 0 Å². The van der Waals surface area contributed by atoms with Gasteiger partial charge in [0.05, 0.1) is 17.2 Å². The first-order chi connectivity index (χ1) is 19.6. The van der Waals surface area contributed by atoms with Crippen LogP contribution in [0.1, 0.15) is 77.1 Å². The van der Waals surface area contributed by atoms with Crippen LogP contribution in [0.4, 0.5) is 0 Å². The number of hydrogen-bond acceptors (Lipinski definition) is 6. The van der Waals surface area contributed by atoms with Crippen molar-refractivity contribution >= 4 is 40.6 Å². The summed E-state index contributed by atoms with van der Waals surface area (Å²) in [4.78, 5) is 27.5. The number of nitrogens with zero attached hydrogens (tertiary/aromatic N) is 3. The summed E-state index contributed by atoms with van der Waals surface area (Å²) in [6, 6.07) is 16.0. The third-order valence-corrected chi connectivity index (χ3v) is 8.97. The van der Waals surface area contributed by atoms with Crippen LogP contribution in [0.25, 0.3) is 0 Å².